The van der Waals surface area contributed by atoms with Gasteiger partial charge in [-0.3, -0.25) is 0 Å². The number of alkyl carbamates (subject to hydrolysis) is 1. The first-order valence-corrected chi connectivity index (χ1v) is 13.5. The van der Waals surface area contributed by atoms with Crippen LogP contribution < -0.4 is 16.0 Å². The van der Waals surface area contributed by atoms with E-state index >= 15 is 4.39 Å². The molecule has 1 unspecified atom stereocenters. The smallest absolute Gasteiger partial charge is 0.406 e. The third-order valence-corrected chi connectivity index (χ3v) is 7.34. The molecule has 208 valence electrons. The number of nitrogens with zero attached hydrogens (tertiary/aromatic N) is 1. The van der Waals surface area contributed by atoms with Gasteiger partial charge in [0.2, 0.25) is 0 Å². The van der Waals surface area contributed by atoms with Gasteiger partial charge in [0.1, 0.15) is 5.82 Å². The molecule has 3 amide bonds. The monoisotopic (exact) mass is 542 g/mol. The van der Waals surface area contributed by atoms with E-state index in [4.69, 9.17) is 21.1 Å². The molecule has 2 aliphatic rings. The molecule has 11 heteroatoms. The molecule has 0 aromatic heterocycles. The topological polar surface area (TPSA) is 101 Å². The maximum atomic E-state index is 15.0. The van der Waals surface area contributed by atoms with Crippen LogP contribution in [-0.4, -0.2) is 83.2 Å². The van der Waals surface area contributed by atoms with Crippen molar-refractivity contribution in [2.24, 2.45) is 11.8 Å². The molecule has 0 radical (unpaired) electrons. The number of hydrogen-bond acceptors (Lipinski definition) is 6. The molecule has 3 N–H and O–H groups in total. The number of likely N-dealkylation sites (tertiary alicyclic amines) is 1. The Labute approximate surface area is 223 Å². The quantitative estimate of drug-likeness (QED) is 0.368. The summed E-state index contributed by atoms with van der Waals surface area (Å²) in [5, 5.41) is 8.99. The Balaban J connectivity index is 1.66. The molecule has 2 saturated heterocycles. The molecule has 1 aromatic carbocycles. The maximum absolute atomic E-state index is 15.0. The highest BCUT2D eigenvalue weighted by atomic mass is 35.5. The summed E-state index contributed by atoms with van der Waals surface area (Å²) in [6.45, 7) is 3.65. The fourth-order valence-electron chi connectivity index (χ4n) is 5.16. The summed E-state index contributed by atoms with van der Waals surface area (Å²) in [7, 11) is 3.17. The third-order valence-electron chi connectivity index (χ3n) is 7.05. The van der Waals surface area contributed by atoms with Crippen LogP contribution in [0.4, 0.5) is 14.0 Å². The van der Waals surface area contributed by atoms with Crippen LogP contribution in [0.25, 0.3) is 0 Å². The van der Waals surface area contributed by atoms with Crippen molar-refractivity contribution in [1.29, 1.82) is 0 Å². The van der Waals surface area contributed by atoms with E-state index in [9.17, 15) is 9.59 Å². The van der Waals surface area contributed by atoms with Crippen LogP contribution in [-0.2, 0) is 14.2 Å². The van der Waals surface area contributed by atoms with E-state index in [0.29, 0.717) is 31.1 Å². The number of ether oxygens (including phenoxy) is 3. The Hall–Kier alpha value is -2.14. The highest BCUT2D eigenvalue weighted by Crippen LogP contribution is 2.36. The highest BCUT2D eigenvalue weighted by molar-refractivity contribution is 6.30. The summed E-state index contributed by atoms with van der Waals surface area (Å²) in [5.74, 6) is -0.130. The van der Waals surface area contributed by atoms with E-state index in [1.807, 2.05) is 7.05 Å². The Morgan fingerprint density at radius 1 is 1.27 bits per heavy atom. The van der Waals surface area contributed by atoms with Crippen LogP contribution in [0.5, 0.6) is 0 Å². The summed E-state index contributed by atoms with van der Waals surface area (Å²) >= 11 is 6.07. The zero-order valence-corrected chi connectivity index (χ0v) is 22.5. The van der Waals surface area contributed by atoms with Gasteiger partial charge in [0.15, 0.2) is 0 Å². The van der Waals surface area contributed by atoms with Gasteiger partial charge in [-0.25, -0.2) is 14.0 Å². The molecule has 0 spiro atoms. The van der Waals surface area contributed by atoms with Gasteiger partial charge in [-0.15, -0.1) is 0 Å². The Kier molecular flexibility index (Phi) is 12.2. The lowest BCUT2D eigenvalue weighted by Crippen LogP contribution is -2.52. The number of carbonyl (C=O) groups is 2. The van der Waals surface area contributed by atoms with Crippen molar-refractivity contribution in [2.45, 2.75) is 44.2 Å². The lowest BCUT2D eigenvalue weighted by molar-refractivity contribution is -0.0106. The minimum Gasteiger partial charge on any atom is -0.453 e. The number of urea groups is 1. The fourth-order valence-corrected chi connectivity index (χ4v) is 5.34. The number of methoxy groups -OCH3 is 1. The number of benzene rings is 1. The van der Waals surface area contributed by atoms with E-state index in [1.165, 1.54) is 13.2 Å². The number of rotatable bonds is 11. The number of likely N-dealkylation sites (N-methyl/N-ethyl adjacent to an activating group) is 1. The van der Waals surface area contributed by atoms with Crippen LogP contribution in [0.15, 0.2) is 18.2 Å². The number of carbonyl (C=O) groups excluding carboxylic acids is 2. The molecule has 2 heterocycles. The normalized spacial score (nSPS) is 20.2. The van der Waals surface area contributed by atoms with Gasteiger partial charge in [-0.1, -0.05) is 23.7 Å². The van der Waals surface area contributed by atoms with Crippen LogP contribution in [0.3, 0.4) is 0 Å². The standard InChI is InChI=1S/C26H40ClFN4O5/c1-29-16-20(15-18-8-12-36-13-9-18)31-25(33)32-11-4-5-19(17-32)24(37-14-10-30-26(34)35-2)21-6-3-7-22(27)23(21)28/h3,6-7,18-20,24,29H,4-5,8-17H2,1-2H3,(H,30,34)(H,31,33)/t19-,20-,24?/m1/s1. The van der Waals surface area contributed by atoms with Crippen LogP contribution >= 0.6 is 11.6 Å². The van der Waals surface area contributed by atoms with Crippen molar-refractivity contribution in [3.63, 3.8) is 0 Å². The number of hydrogen-bond donors (Lipinski definition) is 3. The molecular weight excluding hydrogens is 503 g/mol. The molecule has 0 aliphatic carbocycles. The average molecular weight is 543 g/mol. The first-order valence-electron chi connectivity index (χ1n) is 13.1. The van der Waals surface area contributed by atoms with Crippen molar-refractivity contribution in [3.8, 4) is 0 Å². The summed E-state index contributed by atoms with van der Waals surface area (Å²) in [4.78, 5) is 26.5. The lowest BCUT2D eigenvalue weighted by atomic mass is 9.88. The summed E-state index contributed by atoms with van der Waals surface area (Å²) in [6, 6.07) is 4.75. The zero-order chi connectivity index (χ0) is 26.6. The predicted octanol–water partition coefficient (Wildman–Crippen LogP) is 3.72. The van der Waals surface area contributed by atoms with E-state index in [0.717, 1.165) is 45.3 Å². The van der Waals surface area contributed by atoms with Crippen LogP contribution in [0, 0.1) is 17.7 Å². The van der Waals surface area contributed by atoms with Crippen LogP contribution in [0.2, 0.25) is 5.02 Å². The zero-order valence-electron chi connectivity index (χ0n) is 21.8. The minimum absolute atomic E-state index is 0.0165. The first kappa shape index (κ1) is 29.4. The molecule has 37 heavy (non-hydrogen) atoms. The van der Waals surface area contributed by atoms with Gasteiger partial charge >= 0.3 is 12.1 Å². The molecule has 9 nitrogen and oxygen atoms in total. The van der Waals surface area contributed by atoms with Crippen molar-refractivity contribution >= 4 is 23.7 Å². The van der Waals surface area contributed by atoms with Gasteiger partial charge in [0, 0.05) is 56.9 Å². The lowest BCUT2D eigenvalue weighted by Gasteiger charge is -2.38. The van der Waals surface area contributed by atoms with Crippen molar-refractivity contribution in [2.75, 3.05) is 60.2 Å². The van der Waals surface area contributed by atoms with E-state index in [-0.39, 0.29) is 36.2 Å². The van der Waals surface area contributed by atoms with E-state index in [2.05, 4.69) is 20.7 Å². The molecule has 1 aromatic rings. The number of halogens is 2. The third kappa shape index (κ3) is 8.98. The van der Waals surface area contributed by atoms with E-state index < -0.39 is 18.0 Å². The average Bonchev–Trinajstić information content (AvgIpc) is 2.91. The van der Waals surface area contributed by atoms with Gasteiger partial charge < -0.3 is 35.1 Å². The number of piperidine rings is 1. The largest absolute Gasteiger partial charge is 0.453 e. The Morgan fingerprint density at radius 3 is 2.78 bits per heavy atom. The van der Waals surface area contributed by atoms with Gasteiger partial charge in [0.25, 0.3) is 0 Å². The summed E-state index contributed by atoms with van der Waals surface area (Å²) in [5.41, 5.74) is 0.352. The van der Waals surface area contributed by atoms with Gasteiger partial charge in [0.05, 0.1) is 24.8 Å². The maximum Gasteiger partial charge on any atom is 0.406 e. The van der Waals surface area contributed by atoms with Crippen molar-refractivity contribution < 1.29 is 28.2 Å². The predicted molar refractivity (Wildman–Crippen MR) is 139 cm³/mol. The molecule has 0 bridgehead atoms. The minimum atomic E-state index is -0.621. The van der Waals surface area contributed by atoms with Crippen molar-refractivity contribution in [1.82, 2.24) is 20.9 Å². The Morgan fingerprint density at radius 2 is 2.05 bits per heavy atom. The summed E-state index contributed by atoms with van der Waals surface area (Å²) < 4.78 is 31.2. The second-order valence-electron chi connectivity index (χ2n) is 9.70. The molecule has 2 fully saturated rings. The Bertz CT molecular complexity index is 873. The molecule has 3 atom stereocenters. The van der Waals surface area contributed by atoms with Crippen molar-refractivity contribution in [3.05, 3.63) is 34.6 Å². The fraction of sp³-hybridized carbons (Fsp3) is 0.692. The highest BCUT2D eigenvalue weighted by Gasteiger charge is 2.33. The number of amides is 3. The molecular formula is C26H40ClFN4O5. The van der Waals surface area contributed by atoms with E-state index in [1.54, 1.807) is 17.0 Å². The van der Waals surface area contributed by atoms with Crippen LogP contribution in [0.1, 0.15) is 43.8 Å². The molecule has 3 rings (SSSR count). The van der Waals surface area contributed by atoms with Gasteiger partial charge in [-0.2, -0.15) is 0 Å². The second kappa shape index (κ2) is 15.3. The second-order valence-corrected chi connectivity index (χ2v) is 10.1. The molecule has 0 saturated carbocycles. The number of nitrogens with one attached hydrogen (secondary N) is 3. The first-order chi connectivity index (χ1) is 17.9. The van der Waals surface area contributed by atoms with Gasteiger partial charge in [-0.05, 0) is 51.1 Å². The summed E-state index contributed by atoms with van der Waals surface area (Å²) in [6.07, 6.45) is 3.29. The SMILES string of the molecule is CNC[C@@H](CC1CCOCC1)NC(=O)N1CCC[C@@H](C(OCCNC(=O)OC)c2cccc(Cl)c2F)C1. The molecule has 2 aliphatic heterocycles.